The SMILES string of the molecule is c1c[nH]c(-c2ccc(-c3nc(N4CCC4)nc4c3CCC4)cc2)n1. The maximum Gasteiger partial charge on any atom is 0.226 e. The van der Waals surface area contributed by atoms with Crippen molar-refractivity contribution >= 4 is 5.95 Å². The Morgan fingerprint density at radius 2 is 1.75 bits per heavy atom. The minimum atomic E-state index is 0.899. The average molecular weight is 317 g/mol. The molecule has 5 rings (SSSR count). The highest BCUT2D eigenvalue weighted by Crippen LogP contribution is 2.33. The number of hydrogen-bond donors (Lipinski definition) is 1. The Balaban J connectivity index is 1.57. The van der Waals surface area contributed by atoms with E-state index < -0.39 is 0 Å². The summed E-state index contributed by atoms with van der Waals surface area (Å²) in [6, 6.07) is 8.53. The molecule has 0 bridgehead atoms. The molecule has 1 N–H and O–H groups in total. The predicted molar refractivity (Wildman–Crippen MR) is 93.9 cm³/mol. The average Bonchev–Trinajstić information content (AvgIpc) is 3.24. The summed E-state index contributed by atoms with van der Waals surface area (Å²) in [6.45, 7) is 2.16. The normalized spacial score (nSPS) is 16.1. The van der Waals surface area contributed by atoms with E-state index in [4.69, 9.17) is 9.97 Å². The molecule has 1 fully saturated rings. The lowest BCUT2D eigenvalue weighted by molar-refractivity contribution is 0.599. The largest absolute Gasteiger partial charge is 0.345 e. The van der Waals surface area contributed by atoms with E-state index in [2.05, 4.69) is 39.1 Å². The van der Waals surface area contributed by atoms with Gasteiger partial charge in [-0.2, -0.15) is 0 Å². The quantitative estimate of drug-likeness (QED) is 0.806. The lowest BCUT2D eigenvalue weighted by atomic mass is 10.0. The Morgan fingerprint density at radius 1 is 0.917 bits per heavy atom. The standard InChI is InChI=1S/C19H19N5/c1-3-15-16(4-1)22-19(24-11-2-12-24)23-17(15)13-5-7-14(8-6-13)18-20-9-10-21-18/h5-10H,1-4,11-12H2,(H,20,21). The maximum absolute atomic E-state index is 4.92. The molecule has 24 heavy (non-hydrogen) atoms. The van der Waals surface area contributed by atoms with Crippen molar-refractivity contribution in [1.29, 1.82) is 0 Å². The summed E-state index contributed by atoms with van der Waals surface area (Å²) < 4.78 is 0. The number of hydrogen-bond acceptors (Lipinski definition) is 4. The molecule has 1 aromatic carbocycles. The Morgan fingerprint density at radius 3 is 2.46 bits per heavy atom. The van der Waals surface area contributed by atoms with Crippen molar-refractivity contribution in [1.82, 2.24) is 19.9 Å². The number of benzene rings is 1. The Hall–Kier alpha value is -2.69. The summed E-state index contributed by atoms with van der Waals surface area (Å²) in [7, 11) is 0. The number of anilines is 1. The van der Waals surface area contributed by atoms with Gasteiger partial charge in [0.2, 0.25) is 5.95 Å². The highest BCUT2D eigenvalue weighted by Gasteiger charge is 2.24. The van der Waals surface area contributed by atoms with Crippen molar-refractivity contribution in [2.75, 3.05) is 18.0 Å². The van der Waals surface area contributed by atoms with Crippen LogP contribution in [-0.2, 0) is 12.8 Å². The van der Waals surface area contributed by atoms with Gasteiger partial charge in [-0.05, 0) is 25.7 Å². The first-order valence-electron chi connectivity index (χ1n) is 8.63. The molecule has 5 nitrogen and oxygen atoms in total. The van der Waals surface area contributed by atoms with Crippen molar-refractivity contribution in [3.8, 4) is 22.6 Å². The smallest absolute Gasteiger partial charge is 0.226 e. The van der Waals surface area contributed by atoms with Crippen LogP contribution in [0.1, 0.15) is 24.1 Å². The molecule has 3 heterocycles. The highest BCUT2D eigenvalue weighted by atomic mass is 15.3. The van der Waals surface area contributed by atoms with Crippen molar-refractivity contribution in [3.05, 3.63) is 47.9 Å². The number of rotatable bonds is 3. The topological polar surface area (TPSA) is 57.7 Å². The first kappa shape index (κ1) is 13.7. The molecule has 0 radical (unpaired) electrons. The summed E-state index contributed by atoms with van der Waals surface area (Å²) in [4.78, 5) is 19.5. The van der Waals surface area contributed by atoms with Gasteiger partial charge in [-0.3, -0.25) is 0 Å². The molecule has 0 saturated carbocycles. The Labute approximate surface area is 140 Å². The molecule has 1 aliphatic carbocycles. The van der Waals surface area contributed by atoms with E-state index >= 15 is 0 Å². The van der Waals surface area contributed by atoms with Gasteiger partial charge in [-0.1, -0.05) is 24.3 Å². The fourth-order valence-electron chi connectivity index (χ4n) is 3.52. The van der Waals surface area contributed by atoms with Crippen molar-refractivity contribution in [2.24, 2.45) is 0 Å². The van der Waals surface area contributed by atoms with E-state index in [0.29, 0.717) is 0 Å². The number of H-pyrrole nitrogens is 1. The van der Waals surface area contributed by atoms with E-state index in [9.17, 15) is 0 Å². The van der Waals surface area contributed by atoms with Gasteiger partial charge in [-0.25, -0.2) is 15.0 Å². The van der Waals surface area contributed by atoms with Crippen LogP contribution >= 0.6 is 0 Å². The van der Waals surface area contributed by atoms with Gasteiger partial charge in [0.1, 0.15) is 5.82 Å². The fourth-order valence-corrected chi connectivity index (χ4v) is 3.52. The Kier molecular flexibility index (Phi) is 3.11. The van der Waals surface area contributed by atoms with Crippen LogP contribution < -0.4 is 4.90 Å². The molecule has 0 unspecified atom stereocenters. The minimum Gasteiger partial charge on any atom is -0.345 e. The molecule has 0 atom stereocenters. The number of fused-ring (bicyclic) bond motifs is 1. The molecule has 2 aromatic heterocycles. The molecule has 1 aliphatic heterocycles. The molecule has 0 amide bonds. The van der Waals surface area contributed by atoms with E-state index in [-0.39, 0.29) is 0 Å². The van der Waals surface area contributed by atoms with Crippen LogP contribution in [0.5, 0.6) is 0 Å². The van der Waals surface area contributed by atoms with Crippen LogP contribution in [0.15, 0.2) is 36.7 Å². The number of imidazole rings is 1. The lowest BCUT2D eigenvalue weighted by Gasteiger charge is -2.31. The maximum atomic E-state index is 4.92. The molecule has 3 aromatic rings. The summed E-state index contributed by atoms with van der Waals surface area (Å²) >= 11 is 0. The first-order valence-corrected chi connectivity index (χ1v) is 8.63. The van der Waals surface area contributed by atoms with E-state index in [1.165, 1.54) is 29.7 Å². The van der Waals surface area contributed by atoms with Crippen LogP contribution in [0.2, 0.25) is 0 Å². The first-order chi connectivity index (χ1) is 11.9. The van der Waals surface area contributed by atoms with Gasteiger partial charge in [0, 0.05) is 47.9 Å². The number of nitrogens with zero attached hydrogens (tertiary/aromatic N) is 4. The molecule has 0 spiro atoms. The number of nitrogens with one attached hydrogen (secondary N) is 1. The van der Waals surface area contributed by atoms with Crippen LogP contribution in [0.3, 0.4) is 0 Å². The molecular weight excluding hydrogens is 298 g/mol. The fraction of sp³-hybridized carbons (Fsp3) is 0.316. The van der Waals surface area contributed by atoms with Crippen LogP contribution in [0.4, 0.5) is 5.95 Å². The summed E-state index contributed by atoms with van der Waals surface area (Å²) in [5.41, 5.74) is 5.97. The third-order valence-electron chi connectivity index (χ3n) is 4.99. The predicted octanol–water partition coefficient (Wildman–Crippen LogP) is 3.23. The molecule has 120 valence electrons. The minimum absolute atomic E-state index is 0.899. The van der Waals surface area contributed by atoms with Gasteiger partial charge >= 0.3 is 0 Å². The number of aryl methyl sites for hydroxylation is 1. The second-order valence-corrected chi connectivity index (χ2v) is 6.51. The van der Waals surface area contributed by atoms with Gasteiger partial charge in [0.05, 0.1) is 5.69 Å². The van der Waals surface area contributed by atoms with E-state index in [1.807, 2.05) is 6.20 Å². The number of aromatic amines is 1. The lowest BCUT2D eigenvalue weighted by Crippen LogP contribution is -2.38. The zero-order valence-corrected chi connectivity index (χ0v) is 13.5. The van der Waals surface area contributed by atoms with E-state index in [0.717, 1.165) is 49.0 Å². The molecule has 1 saturated heterocycles. The van der Waals surface area contributed by atoms with Gasteiger partial charge in [0.15, 0.2) is 0 Å². The highest BCUT2D eigenvalue weighted by molar-refractivity contribution is 5.69. The van der Waals surface area contributed by atoms with Gasteiger partial charge < -0.3 is 9.88 Å². The molecule has 2 aliphatic rings. The molecule has 5 heteroatoms. The zero-order valence-electron chi connectivity index (χ0n) is 13.5. The van der Waals surface area contributed by atoms with Crippen molar-refractivity contribution < 1.29 is 0 Å². The van der Waals surface area contributed by atoms with Crippen LogP contribution in [-0.4, -0.2) is 33.0 Å². The van der Waals surface area contributed by atoms with Crippen LogP contribution in [0, 0.1) is 0 Å². The van der Waals surface area contributed by atoms with Crippen LogP contribution in [0.25, 0.3) is 22.6 Å². The van der Waals surface area contributed by atoms with E-state index in [1.54, 1.807) is 6.20 Å². The Bertz CT molecular complexity index is 864. The number of aromatic nitrogens is 4. The third-order valence-corrected chi connectivity index (χ3v) is 4.99. The second-order valence-electron chi connectivity index (χ2n) is 6.51. The zero-order chi connectivity index (χ0) is 15.9. The van der Waals surface area contributed by atoms with Gasteiger partial charge in [-0.15, -0.1) is 0 Å². The summed E-state index contributed by atoms with van der Waals surface area (Å²) in [5, 5.41) is 0. The second kappa shape index (κ2) is 5.44. The summed E-state index contributed by atoms with van der Waals surface area (Å²) in [5.74, 6) is 1.81. The summed E-state index contributed by atoms with van der Waals surface area (Å²) in [6.07, 6.45) is 8.22. The molecular formula is C19H19N5. The van der Waals surface area contributed by atoms with Crippen molar-refractivity contribution in [3.63, 3.8) is 0 Å². The monoisotopic (exact) mass is 317 g/mol. The van der Waals surface area contributed by atoms with Crippen molar-refractivity contribution in [2.45, 2.75) is 25.7 Å². The van der Waals surface area contributed by atoms with Gasteiger partial charge in [0.25, 0.3) is 0 Å². The third kappa shape index (κ3) is 2.19.